The van der Waals surface area contributed by atoms with Crippen LogP contribution in [0, 0.1) is 6.92 Å². The van der Waals surface area contributed by atoms with Crippen LogP contribution in [-0.2, 0) is 0 Å². The van der Waals surface area contributed by atoms with Gasteiger partial charge in [-0.15, -0.1) is 0 Å². The minimum atomic E-state index is -0.466. The highest BCUT2D eigenvalue weighted by Crippen LogP contribution is 2.26. The molecule has 1 aliphatic rings. The summed E-state index contributed by atoms with van der Waals surface area (Å²) in [6.07, 6.45) is 1.71. The molecule has 0 saturated carbocycles. The summed E-state index contributed by atoms with van der Waals surface area (Å²) in [4.78, 5) is 12.7. The van der Waals surface area contributed by atoms with Gasteiger partial charge in [-0.2, -0.15) is 4.98 Å². The molecule has 0 amide bonds. The first-order chi connectivity index (χ1) is 10.7. The van der Waals surface area contributed by atoms with Crippen molar-refractivity contribution in [3.05, 3.63) is 12.0 Å². The van der Waals surface area contributed by atoms with E-state index in [-0.39, 0.29) is 6.61 Å². The molecule has 0 bridgehead atoms. The van der Waals surface area contributed by atoms with Crippen LogP contribution in [0.25, 0.3) is 11.1 Å². The Labute approximate surface area is 128 Å². The van der Waals surface area contributed by atoms with Crippen LogP contribution >= 0.6 is 0 Å². The molecule has 0 unspecified atom stereocenters. The largest absolute Gasteiger partial charge is 0.396 e. The molecule has 0 radical (unpaired) electrons. The summed E-state index contributed by atoms with van der Waals surface area (Å²) in [6.45, 7) is 5.49. The molecule has 1 fully saturated rings. The Bertz CT molecular complexity index is 632. The third-order valence-electron chi connectivity index (χ3n) is 3.94. The molecule has 2 aromatic rings. The van der Waals surface area contributed by atoms with Gasteiger partial charge < -0.3 is 19.6 Å². The molecular weight excluding hydrogens is 286 g/mol. The van der Waals surface area contributed by atoms with E-state index in [1.165, 1.54) is 6.33 Å². The van der Waals surface area contributed by atoms with Crippen molar-refractivity contribution in [3.63, 3.8) is 0 Å². The average Bonchev–Trinajstić information content (AvgIpc) is 2.79. The van der Waals surface area contributed by atoms with E-state index < -0.39 is 6.10 Å². The number of rotatable bonds is 4. The fourth-order valence-electron chi connectivity index (χ4n) is 2.89. The van der Waals surface area contributed by atoms with E-state index in [4.69, 9.17) is 9.63 Å². The van der Waals surface area contributed by atoms with Gasteiger partial charge in [0.15, 0.2) is 0 Å². The number of aliphatic hydroxyl groups excluding tert-OH is 2. The molecule has 2 N–H and O–H groups in total. The van der Waals surface area contributed by atoms with E-state index >= 15 is 0 Å². The molecule has 1 saturated heterocycles. The van der Waals surface area contributed by atoms with Gasteiger partial charge in [-0.25, -0.2) is 4.98 Å². The number of fused-ring (bicyclic) bond motifs is 1. The first-order valence-electron chi connectivity index (χ1n) is 7.52. The lowest BCUT2D eigenvalue weighted by Crippen LogP contribution is -2.34. The van der Waals surface area contributed by atoms with Crippen molar-refractivity contribution in [2.75, 3.05) is 44.2 Å². The minimum Gasteiger partial charge on any atom is -0.396 e. The van der Waals surface area contributed by atoms with Gasteiger partial charge in [-0.3, -0.25) is 4.90 Å². The number of hydrogen-bond donors (Lipinski definition) is 2. The van der Waals surface area contributed by atoms with E-state index in [0.717, 1.165) is 43.0 Å². The quantitative estimate of drug-likeness (QED) is 0.801. The van der Waals surface area contributed by atoms with Gasteiger partial charge in [0.2, 0.25) is 0 Å². The van der Waals surface area contributed by atoms with Crippen molar-refractivity contribution < 1.29 is 14.7 Å². The van der Waals surface area contributed by atoms with Crippen molar-refractivity contribution in [2.24, 2.45) is 0 Å². The third kappa shape index (κ3) is 3.03. The Morgan fingerprint density at radius 1 is 1.32 bits per heavy atom. The molecule has 8 heteroatoms. The van der Waals surface area contributed by atoms with Crippen molar-refractivity contribution in [3.8, 4) is 0 Å². The van der Waals surface area contributed by atoms with Crippen LogP contribution in [0.15, 0.2) is 10.9 Å². The van der Waals surface area contributed by atoms with E-state index in [1.807, 2.05) is 6.92 Å². The number of anilines is 1. The molecule has 22 heavy (non-hydrogen) atoms. The summed E-state index contributed by atoms with van der Waals surface area (Å²) in [5, 5.41) is 24.0. The number of nitrogens with zero attached hydrogens (tertiary/aromatic N) is 5. The Kier molecular flexibility index (Phi) is 4.51. The smallest absolute Gasteiger partial charge is 0.263 e. The van der Waals surface area contributed by atoms with Gasteiger partial charge >= 0.3 is 0 Å². The lowest BCUT2D eigenvalue weighted by molar-refractivity contribution is 0.127. The Balaban J connectivity index is 1.83. The normalized spacial score (nSPS) is 20.5. The number of aryl methyl sites for hydroxylation is 1. The van der Waals surface area contributed by atoms with E-state index in [2.05, 4.69) is 24.9 Å². The van der Waals surface area contributed by atoms with Gasteiger partial charge in [0.05, 0.1) is 11.8 Å². The molecule has 3 heterocycles. The first kappa shape index (κ1) is 15.1. The van der Waals surface area contributed by atoms with Crippen LogP contribution in [0.2, 0.25) is 0 Å². The van der Waals surface area contributed by atoms with E-state index in [9.17, 15) is 5.11 Å². The maximum absolute atomic E-state index is 10.3. The van der Waals surface area contributed by atoms with Gasteiger partial charge in [0.1, 0.15) is 17.5 Å². The molecule has 0 spiro atoms. The van der Waals surface area contributed by atoms with Crippen molar-refractivity contribution >= 4 is 16.9 Å². The maximum atomic E-state index is 10.3. The zero-order chi connectivity index (χ0) is 15.5. The zero-order valence-corrected chi connectivity index (χ0v) is 12.6. The third-order valence-corrected chi connectivity index (χ3v) is 3.94. The second kappa shape index (κ2) is 6.55. The monoisotopic (exact) mass is 307 g/mol. The predicted octanol–water partition coefficient (Wildman–Crippen LogP) is -0.208. The standard InChI is InChI=1S/C14H21N5O3/c1-10-12-13(15-9-16-14(12)22-17-10)19-5-4-18(3-2-6-20)7-11(21)8-19/h9,11,20-21H,2-8H2,1H3/t11-/m0/s1. The van der Waals surface area contributed by atoms with Crippen LogP contribution < -0.4 is 4.90 Å². The fraction of sp³-hybridized carbons (Fsp3) is 0.643. The van der Waals surface area contributed by atoms with Gasteiger partial charge in [-0.1, -0.05) is 5.16 Å². The second-order valence-corrected chi connectivity index (χ2v) is 5.62. The van der Waals surface area contributed by atoms with Gasteiger partial charge in [0, 0.05) is 39.3 Å². The first-order valence-corrected chi connectivity index (χ1v) is 7.52. The lowest BCUT2D eigenvalue weighted by atomic mass is 10.2. The SMILES string of the molecule is Cc1noc2ncnc(N3CCN(CCCO)C[C@H](O)C3)c12. The van der Waals surface area contributed by atoms with Crippen LogP contribution in [0.1, 0.15) is 12.1 Å². The molecule has 1 aliphatic heterocycles. The molecule has 1 atom stereocenters. The predicted molar refractivity (Wildman–Crippen MR) is 80.7 cm³/mol. The molecule has 2 aromatic heterocycles. The van der Waals surface area contributed by atoms with Gasteiger partial charge in [0.25, 0.3) is 5.71 Å². The number of β-amino-alcohol motifs (C(OH)–C–C–N with tert-alkyl or cyclic N) is 1. The number of hydrogen-bond acceptors (Lipinski definition) is 8. The number of aliphatic hydroxyl groups is 2. The minimum absolute atomic E-state index is 0.169. The average molecular weight is 307 g/mol. The summed E-state index contributed by atoms with van der Waals surface area (Å²) >= 11 is 0. The molecule has 0 aromatic carbocycles. The highest BCUT2D eigenvalue weighted by atomic mass is 16.5. The van der Waals surface area contributed by atoms with Gasteiger partial charge in [-0.05, 0) is 13.3 Å². The van der Waals surface area contributed by atoms with E-state index in [0.29, 0.717) is 18.8 Å². The highest BCUT2D eigenvalue weighted by Gasteiger charge is 2.24. The molecule has 0 aliphatic carbocycles. The lowest BCUT2D eigenvalue weighted by Gasteiger charge is -2.23. The molecular formula is C14H21N5O3. The van der Waals surface area contributed by atoms with Crippen LogP contribution in [0.4, 0.5) is 5.82 Å². The second-order valence-electron chi connectivity index (χ2n) is 5.62. The Morgan fingerprint density at radius 3 is 3.00 bits per heavy atom. The Morgan fingerprint density at radius 2 is 2.18 bits per heavy atom. The van der Waals surface area contributed by atoms with E-state index in [1.54, 1.807) is 0 Å². The van der Waals surface area contributed by atoms with Crippen molar-refractivity contribution in [1.82, 2.24) is 20.0 Å². The van der Waals surface area contributed by atoms with Crippen LogP contribution in [0.3, 0.4) is 0 Å². The summed E-state index contributed by atoms with van der Waals surface area (Å²) in [5.41, 5.74) is 1.22. The van der Waals surface area contributed by atoms with Crippen molar-refractivity contribution in [1.29, 1.82) is 0 Å². The Hall–Kier alpha value is -1.77. The topological polar surface area (TPSA) is 98.8 Å². The number of aromatic nitrogens is 3. The van der Waals surface area contributed by atoms with Crippen molar-refractivity contribution in [2.45, 2.75) is 19.4 Å². The summed E-state index contributed by atoms with van der Waals surface area (Å²) < 4.78 is 5.18. The molecule has 120 valence electrons. The fourth-order valence-corrected chi connectivity index (χ4v) is 2.89. The summed E-state index contributed by atoms with van der Waals surface area (Å²) in [7, 11) is 0. The highest BCUT2D eigenvalue weighted by molar-refractivity contribution is 5.87. The maximum Gasteiger partial charge on any atom is 0.263 e. The molecule has 8 nitrogen and oxygen atoms in total. The zero-order valence-electron chi connectivity index (χ0n) is 12.6. The summed E-state index contributed by atoms with van der Waals surface area (Å²) in [5.74, 6) is 0.756. The van der Waals surface area contributed by atoms with Crippen LogP contribution in [0.5, 0.6) is 0 Å². The summed E-state index contributed by atoms with van der Waals surface area (Å²) in [6, 6.07) is 0. The van der Waals surface area contributed by atoms with Crippen LogP contribution in [-0.4, -0.2) is 75.7 Å². The molecule has 3 rings (SSSR count).